The number of nitrogens with one attached hydrogen (secondary N) is 1. The monoisotopic (exact) mass is 383 g/mol. The summed E-state index contributed by atoms with van der Waals surface area (Å²) in [5.41, 5.74) is 1.20. The molecule has 0 bridgehead atoms. The predicted molar refractivity (Wildman–Crippen MR) is 85.6 cm³/mol. The van der Waals surface area contributed by atoms with E-state index in [4.69, 9.17) is 5.14 Å². The van der Waals surface area contributed by atoms with E-state index in [0.717, 1.165) is 5.56 Å². The van der Waals surface area contributed by atoms with Crippen molar-refractivity contribution in [3.8, 4) is 0 Å². The van der Waals surface area contributed by atoms with Gasteiger partial charge in [0.1, 0.15) is 0 Å². The van der Waals surface area contributed by atoms with E-state index in [0.29, 0.717) is 10.0 Å². The topological polar surface area (TPSA) is 102 Å². The third-order valence-corrected chi connectivity index (χ3v) is 4.39. The van der Waals surface area contributed by atoms with Crippen LogP contribution in [0.3, 0.4) is 0 Å². The lowest BCUT2D eigenvalue weighted by Crippen LogP contribution is -2.26. The third-order valence-electron chi connectivity index (χ3n) is 3.02. The summed E-state index contributed by atoms with van der Waals surface area (Å²) in [5.74, 6) is -0.267. The summed E-state index contributed by atoms with van der Waals surface area (Å²) in [6.07, 6.45) is 3.06. The number of hydrogen-bond acceptors (Lipinski definition) is 4. The Labute approximate surface area is 136 Å². The molecule has 116 valence electrons. The minimum atomic E-state index is -3.72. The number of sulfonamides is 1. The van der Waals surface area contributed by atoms with E-state index in [-0.39, 0.29) is 16.8 Å². The SMILES string of the molecule is CC(NC(=O)c1cncc(Br)c1)c1ccc(S(N)(=O)=O)cc1. The van der Waals surface area contributed by atoms with Gasteiger partial charge in [-0.2, -0.15) is 0 Å². The molecule has 1 aromatic heterocycles. The number of nitrogens with two attached hydrogens (primary N) is 1. The lowest BCUT2D eigenvalue weighted by atomic mass is 10.1. The molecule has 0 aliphatic carbocycles. The van der Waals surface area contributed by atoms with Crippen LogP contribution in [-0.4, -0.2) is 19.3 Å². The maximum Gasteiger partial charge on any atom is 0.253 e. The molecule has 3 N–H and O–H groups in total. The zero-order valence-electron chi connectivity index (χ0n) is 11.7. The van der Waals surface area contributed by atoms with Crippen LogP contribution in [0.2, 0.25) is 0 Å². The van der Waals surface area contributed by atoms with E-state index >= 15 is 0 Å². The predicted octanol–water partition coefficient (Wildman–Crippen LogP) is 1.98. The molecular formula is C14H14BrN3O3S. The molecule has 2 rings (SSSR count). The maximum atomic E-state index is 12.1. The summed E-state index contributed by atoms with van der Waals surface area (Å²) in [6, 6.07) is 7.43. The van der Waals surface area contributed by atoms with Gasteiger partial charge in [0, 0.05) is 16.9 Å². The fourth-order valence-corrected chi connectivity index (χ4v) is 2.73. The summed E-state index contributed by atoms with van der Waals surface area (Å²) in [6.45, 7) is 1.80. The largest absolute Gasteiger partial charge is 0.345 e. The first kappa shape index (κ1) is 16.6. The molecule has 0 radical (unpaired) electrons. The van der Waals surface area contributed by atoms with E-state index in [2.05, 4.69) is 26.2 Å². The van der Waals surface area contributed by atoms with E-state index in [1.165, 1.54) is 18.3 Å². The number of benzene rings is 1. The first-order valence-electron chi connectivity index (χ1n) is 6.31. The lowest BCUT2D eigenvalue weighted by molar-refractivity contribution is 0.0939. The van der Waals surface area contributed by atoms with Crippen LogP contribution in [0.5, 0.6) is 0 Å². The molecular weight excluding hydrogens is 370 g/mol. The standard InChI is InChI=1S/C14H14BrN3O3S/c1-9(10-2-4-13(5-3-10)22(16,20)21)18-14(19)11-6-12(15)8-17-7-11/h2-9H,1H3,(H,18,19)(H2,16,20,21). The van der Waals surface area contributed by atoms with Gasteiger partial charge in [0.25, 0.3) is 5.91 Å². The van der Waals surface area contributed by atoms with Crippen molar-refractivity contribution in [2.45, 2.75) is 17.9 Å². The average molecular weight is 384 g/mol. The first-order valence-corrected chi connectivity index (χ1v) is 8.65. The second kappa shape index (κ2) is 6.55. The van der Waals surface area contributed by atoms with Gasteiger partial charge in [0.05, 0.1) is 16.5 Å². The van der Waals surface area contributed by atoms with Crippen molar-refractivity contribution >= 4 is 31.9 Å². The van der Waals surface area contributed by atoms with E-state index in [1.54, 1.807) is 31.3 Å². The molecule has 0 saturated carbocycles. The van der Waals surface area contributed by atoms with Crippen molar-refractivity contribution in [3.63, 3.8) is 0 Å². The number of aromatic nitrogens is 1. The zero-order valence-corrected chi connectivity index (χ0v) is 14.1. The van der Waals surface area contributed by atoms with Gasteiger partial charge in [0.15, 0.2) is 0 Å². The minimum Gasteiger partial charge on any atom is -0.345 e. The Morgan fingerprint density at radius 3 is 2.45 bits per heavy atom. The van der Waals surface area contributed by atoms with Gasteiger partial charge in [-0.15, -0.1) is 0 Å². The van der Waals surface area contributed by atoms with Crippen LogP contribution in [0.1, 0.15) is 28.9 Å². The number of halogens is 1. The van der Waals surface area contributed by atoms with Gasteiger partial charge in [-0.3, -0.25) is 9.78 Å². The minimum absolute atomic E-state index is 0.0333. The normalized spacial score (nSPS) is 12.7. The van der Waals surface area contributed by atoms with Crippen molar-refractivity contribution < 1.29 is 13.2 Å². The second-order valence-corrected chi connectivity index (χ2v) is 7.18. The third kappa shape index (κ3) is 4.12. The molecule has 0 aliphatic rings. The number of rotatable bonds is 4. The summed E-state index contributed by atoms with van der Waals surface area (Å²) in [5, 5.41) is 7.86. The number of nitrogens with zero attached hydrogens (tertiary/aromatic N) is 1. The molecule has 2 aromatic rings. The average Bonchev–Trinajstić information content (AvgIpc) is 2.46. The van der Waals surface area contributed by atoms with Crippen molar-refractivity contribution in [2.24, 2.45) is 5.14 Å². The van der Waals surface area contributed by atoms with E-state index < -0.39 is 10.0 Å². The number of hydrogen-bond donors (Lipinski definition) is 2. The van der Waals surface area contributed by atoms with Gasteiger partial charge < -0.3 is 5.32 Å². The number of carbonyl (C=O) groups is 1. The van der Waals surface area contributed by atoms with Crippen molar-refractivity contribution in [1.29, 1.82) is 0 Å². The lowest BCUT2D eigenvalue weighted by Gasteiger charge is -2.14. The van der Waals surface area contributed by atoms with Crippen LogP contribution in [-0.2, 0) is 10.0 Å². The fourth-order valence-electron chi connectivity index (χ4n) is 1.85. The van der Waals surface area contributed by atoms with Gasteiger partial charge >= 0.3 is 0 Å². The van der Waals surface area contributed by atoms with Crippen molar-refractivity contribution in [1.82, 2.24) is 10.3 Å². The van der Waals surface area contributed by atoms with Crippen molar-refractivity contribution in [2.75, 3.05) is 0 Å². The van der Waals surface area contributed by atoms with E-state index in [9.17, 15) is 13.2 Å². The van der Waals surface area contributed by atoms with Crippen LogP contribution in [0, 0.1) is 0 Å². The van der Waals surface area contributed by atoms with Crippen LogP contribution >= 0.6 is 15.9 Å². The Kier molecular flexibility index (Phi) is 4.94. The van der Waals surface area contributed by atoms with Crippen molar-refractivity contribution in [3.05, 3.63) is 58.3 Å². The highest BCUT2D eigenvalue weighted by Gasteiger charge is 2.13. The maximum absolute atomic E-state index is 12.1. The smallest absolute Gasteiger partial charge is 0.253 e. The number of pyridine rings is 1. The highest BCUT2D eigenvalue weighted by molar-refractivity contribution is 9.10. The zero-order chi connectivity index (χ0) is 16.3. The molecule has 1 unspecified atom stereocenters. The summed E-state index contributed by atoms with van der Waals surface area (Å²) >= 11 is 3.26. The van der Waals surface area contributed by atoms with Crippen LogP contribution < -0.4 is 10.5 Å². The molecule has 6 nitrogen and oxygen atoms in total. The Balaban J connectivity index is 2.12. The molecule has 1 amide bonds. The quantitative estimate of drug-likeness (QED) is 0.842. The Hall–Kier alpha value is -1.77. The molecule has 22 heavy (non-hydrogen) atoms. The fraction of sp³-hybridized carbons (Fsp3) is 0.143. The van der Waals surface area contributed by atoms with Crippen LogP contribution in [0.15, 0.2) is 52.1 Å². The van der Waals surface area contributed by atoms with Crippen LogP contribution in [0.25, 0.3) is 0 Å². The molecule has 1 atom stereocenters. The van der Waals surface area contributed by atoms with Crippen LogP contribution in [0.4, 0.5) is 0 Å². The highest BCUT2D eigenvalue weighted by Crippen LogP contribution is 2.16. The summed E-state index contributed by atoms with van der Waals surface area (Å²) < 4.78 is 23.1. The van der Waals surface area contributed by atoms with Gasteiger partial charge in [-0.05, 0) is 46.6 Å². The number of primary sulfonamides is 1. The molecule has 0 saturated heterocycles. The van der Waals surface area contributed by atoms with Gasteiger partial charge in [-0.25, -0.2) is 13.6 Å². The van der Waals surface area contributed by atoms with Gasteiger partial charge in [-0.1, -0.05) is 12.1 Å². The molecule has 0 fully saturated rings. The Morgan fingerprint density at radius 2 is 1.91 bits per heavy atom. The summed E-state index contributed by atoms with van der Waals surface area (Å²) in [4.78, 5) is 16.1. The molecule has 1 aromatic carbocycles. The second-order valence-electron chi connectivity index (χ2n) is 4.70. The Bertz CT molecular complexity index is 791. The number of carbonyl (C=O) groups excluding carboxylic acids is 1. The highest BCUT2D eigenvalue weighted by atomic mass is 79.9. The molecule has 8 heteroatoms. The molecule has 0 spiro atoms. The Morgan fingerprint density at radius 1 is 1.27 bits per heavy atom. The van der Waals surface area contributed by atoms with E-state index in [1.807, 2.05) is 0 Å². The van der Waals surface area contributed by atoms with Gasteiger partial charge in [0.2, 0.25) is 10.0 Å². The molecule has 0 aliphatic heterocycles. The summed E-state index contributed by atoms with van der Waals surface area (Å²) in [7, 11) is -3.72. The molecule has 1 heterocycles. The first-order chi connectivity index (χ1) is 10.3. The number of amides is 1.